The molecule has 1 aliphatic heterocycles. The smallest absolute Gasteiger partial charge is 0.407 e. The molecule has 0 spiro atoms. The summed E-state index contributed by atoms with van der Waals surface area (Å²) in [6.45, 7) is 2.89. The summed E-state index contributed by atoms with van der Waals surface area (Å²) >= 11 is 0. The average molecular weight is 394 g/mol. The summed E-state index contributed by atoms with van der Waals surface area (Å²) in [5.41, 5.74) is 2.12. The lowest BCUT2D eigenvalue weighted by atomic mass is 10.1. The highest BCUT2D eigenvalue weighted by molar-refractivity contribution is 6.07. The van der Waals surface area contributed by atoms with Gasteiger partial charge in [-0.2, -0.15) is 0 Å². The van der Waals surface area contributed by atoms with E-state index in [0.717, 1.165) is 5.56 Å². The van der Waals surface area contributed by atoms with Gasteiger partial charge in [-0.1, -0.05) is 30.3 Å². The fraction of sp³-hybridized carbons (Fsp3) is 0.273. The van der Waals surface area contributed by atoms with E-state index in [4.69, 9.17) is 14.3 Å². The molecule has 0 radical (unpaired) electrons. The molecule has 2 aromatic carbocycles. The second-order valence-electron chi connectivity index (χ2n) is 7.15. The first-order valence-corrected chi connectivity index (χ1v) is 9.50. The molecule has 1 aromatic heterocycles. The molecule has 0 aliphatic carbocycles. The summed E-state index contributed by atoms with van der Waals surface area (Å²) < 4.78 is 11.6. The van der Waals surface area contributed by atoms with Gasteiger partial charge in [0.15, 0.2) is 0 Å². The number of fused-ring (bicyclic) bond motifs is 1. The molecule has 1 aliphatic rings. The molecule has 1 fully saturated rings. The monoisotopic (exact) mass is 394 g/mol. The molecule has 0 unspecified atom stereocenters. The molecule has 4 rings (SSSR count). The Morgan fingerprint density at radius 3 is 2.76 bits per heavy atom. The van der Waals surface area contributed by atoms with Crippen LogP contribution < -0.4 is 10.1 Å². The van der Waals surface area contributed by atoms with Crippen LogP contribution >= 0.6 is 0 Å². The molecule has 29 heavy (non-hydrogen) atoms. The fourth-order valence-corrected chi connectivity index (χ4v) is 3.62. The Hall–Kier alpha value is -3.48. The van der Waals surface area contributed by atoms with Gasteiger partial charge in [0.2, 0.25) is 0 Å². The van der Waals surface area contributed by atoms with E-state index in [-0.39, 0.29) is 11.9 Å². The molecule has 3 aromatic rings. The normalized spacial score (nSPS) is 16.2. The molecule has 2 amide bonds. The molecule has 0 saturated carbocycles. The zero-order chi connectivity index (χ0) is 20.4. The van der Waals surface area contributed by atoms with Crippen molar-refractivity contribution in [2.75, 3.05) is 13.1 Å². The van der Waals surface area contributed by atoms with Crippen LogP contribution in [0.25, 0.3) is 11.0 Å². The van der Waals surface area contributed by atoms with Crippen LogP contribution in [0.2, 0.25) is 0 Å². The molecule has 1 atom stereocenters. The summed E-state index contributed by atoms with van der Waals surface area (Å²) in [5, 5.41) is 12.7. The highest BCUT2D eigenvalue weighted by Gasteiger charge is 2.28. The highest BCUT2D eigenvalue weighted by Crippen LogP contribution is 2.29. The molecular formula is C22H22N2O5. The SMILES string of the molecule is Cc1oc2ccc(OCc3ccccc3)cc2c1C(=O)N[C@H]1CCN(C(=O)O)C1. The molecule has 150 valence electrons. The van der Waals surface area contributed by atoms with Gasteiger partial charge in [-0.15, -0.1) is 0 Å². The summed E-state index contributed by atoms with van der Waals surface area (Å²) in [6.07, 6.45) is -0.370. The molecule has 7 nitrogen and oxygen atoms in total. The quantitative estimate of drug-likeness (QED) is 0.687. The van der Waals surface area contributed by atoms with Crippen LogP contribution in [0, 0.1) is 6.92 Å². The van der Waals surface area contributed by atoms with Gasteiger partial charge in [-0.25, -0.2) is 4.79 Å². The van der Waals surface area contributed by atoms with E-state index < -0.39 is 6.09 Å². The third-order valence-corrected chi connectivity index (χ3v) is 5.10. The van der Waals surface area contributed by atoms with Crippen LogP contribution in [-0.2, 0) is 6.61 Å². The lowest BCUT2D eigenvalue weighted by molar-refractivity contribution is 0.0935. The number of carbonyl (C=O) groups is 2. The number of hydrogen-bond donors (Lipinski definition) is 2. The lowest BCUT2D eigenvalue weighted by Crippen LogP contribution is -2.38. The van der Waals surface area contributed by atoms with E-state index in [1.165, 1.54) is 4.90 Å². The second kappa shape index (κ2) is 7.87. The third kappa shape index (κ3) is 4.03. The molecule has 1 saturated heterocycles. The highest BCUT2D eigenvalue weighted by atomic mass is 16.5. The molecule has 7 heteroatoms. The maximum Gasteiger partial charge on any atom is 0.407 e. The zero-order valence-corrected chi connectivity index (χ0v) is 16.1. The van der Waals surface area contributed by atoms with Gasteiger partial charge in [-0.3, -0.25) is 4.79 Å². The second-order valence-corrected chi connectivity index (χ2v) is 7.15. The van der Waals surface area contributed by atoms with Gasteiger partial charge in [0, 0.05) is 24.5 Å². The lowest BCUT2D eigenvalue weighted by Gasteiger charge is -2.14. The van der Waals surface area contributed by atoms with Gasteiger partial charge in [-0.05, 0) is 37.1 Å². The third-order valence-electron chi connectivity index (χ3n) is 5.10. The van der Waals surface area contributed by atoms with E-state index in [1.54, 1.807) is 13.0 Å². The Labute approximate surface area is 167 Å². The number of nitrogens with one attached hydrogen (secondary N) is 1. The first-order valence-electron chi connectivity index (χ1n) is 9.50. The van der Waals surface area contributed by atoms with Gasteiger partial charge in [0.25, 0.3) is 5.91 Å². The van der Waals surface area contributed by atoms with E-state index in [2.05, 4.69) is 5.32 Å². The Kier molecular flexibility index (Phi) is 5.12. The van der Waals surface area contributed by atoms with Crippen LogP contribution in [0.1, 0.15) is 28.1 Å². The van der Waals surface area contributed by atoms with E-state index in [9.17, 15) is 9.59 Å². The Morgan fingerprint density at radius 1 is 1.24 bits per heavy atom. The molecule has 2 heterocycles. The summed E-state index contributed by atoms with van der Waals surface area (Å²) in [7, 11) is 0. The maximum absolute atomic E-state index is 12.9. The molecular weight excluding hydrogens is 372 g/mol. The van der Waals surface area contributed by atoms with Crippen LogP contribution in [-0.4, -0.2) is 41.1 Å². The van der Waals surface area contributed by atoms with Crippen molar-refractivity contribution in [1.82, 2.24) is 10.2 Å². The molecule has 2 N–H and O–H groups in total. The average Bonchev–Trinajstić information content (AvgIpc) is 3.30. The fourth-order valence-electron chi connectivity index (χ4n) is 3.62. The van der Waals surface area contributed by atoms with Crippen LogP contribution in [0.4, 0.5) is 4.79 Å². The number of ether oxygens (including phenoxy) is 1. The number of carbonyl (C=O) groups excluding carboxylic acids is 1. The van der Waals surface area contributed by atoms with Crippen molar-refractivity contribution in [3.63, 3.8) is 0 Å². The largest absolute Gasteiger partial charge is 0.489 e. The Morgan fingerprint density at radius 2 is 2.03 bits per heavy atom. The minimum absolute atomic E-state index is 0.208. The van der Waals surface area contributed by atoms with Gasteiger partial charge < -0.3 is 24.5 Å². The Balaban J connectivity index is 1.51. The number of likely N-dealkylation sites (tertiary alicyclic amines) is 1. The number of aryl methyl sites for hydroxylation is 1. The number of benzene rings is 2. The summed E-state index contributed by atoms with van der Waals surface area (Å²) in [4.78, 5) is 25.3. The summed E-state index contributed by atoms with van der Waals surface area (Å²) in [5.74, 6) is 0.901. The minimum Gasteiger partial charge on any atom is -0.489 e. The standard InChI is InChI=1S/C22H22N2O5/c1-14-20(21(25)23-16-9-10-24(12-16)22(26)27)18-11-17(7-8-19(18)29-14)28-13-15-5-3-2-4-6-15/h2-8,11,16H,9-10,12-13H2,1H3,(H,23,25)(H,26,27)/t16-/m0/s1. The van der Waals surface area contributed by atoms with Crippen molar-refractivity contribution in [3.8, 4) is 5.75 Å². The van der Waals surface area contributed by atoms with Gasteiger partial charge in [0.05, 0.1) is 5.56 Å². The number of rotatable bonds is 5. The number of carboxylic acid groups (broad SMARTS) is 1. The number of hydrogen-bond acceptors (Lipinski definition) is 4. The predicted molar refractivity (Wildman–Crippen MR) is 107 cm³/mol. The summed E-state index contributed by atoms with van der Waals surface area (Å²) in [6, 6.07) is 15.1. The van der Waals surface area contributed by atoms with Crippen LogP contribution in [0.3, 0.4) is 0 Å². The van der Waals surface area contributed by atoms with E-state index in [1.807, 2.05) is 42.5 Å². The minimum atomic E-state index is -0.966. The Bertz CT molecular complexity index is 1040. The van der Waals surface area contributed by atoms with E-state index >= 15 is 0 Å². The first kappa shape index (κ1) is 18.9. The topological polar surface area (TPSA) is 92.0 Å². The first-order chi connectivity index (χ1) is 14.0. The van der Waals surface area contributed by atoms with Gasteiger partial charge >= 0.3 is 6.09 Å². The van der Waals surface area contributed by atoms with Crippen molar-refractivity contribution in [3.05, 3.63) is 65.4 Å². The van der Waals surface area contributed by atoms with Gasteiger partial charge in [0.1, 0.15) is 23.7 Å². The molecule has 0 bridgehead atoms. The number of amides is 2. The number of nitrogens with zero attached hydrogens (tertiary/aromatic N) is 1. The maximum atomic E-state index is 12.9. The predicted octanol–water partition coefficient (Wildman–Crippen LogP) is 3.80. The van der Waals surface area contributed by atoms with Crippen molar-refractivity contribution in [2.24, 2.45) is 0 Å². The van der Waals surface area contributed by atoms with Crippen molar-refractivity contribution < 1.29 is 23.8 Å². The number of furan rings is 1. The van der Waals surface area contributed by atoms with Crippen molar-refractivity contribution >= 4 is 23.0 Å². The van der Waals surface area contributed by atoms with Crippen molar-refractivity contribution in [1.29, 1.82) is 0 Å². The van der Waals surface area contributed by atoms with Crippen molar-refractivity contribution in [2.45, 2.75) is 26.0 Å². The zero-order valence-electron chi connectivity index (χ0n) is 16.1. The van der Waals surface area contributed by atoms with E-state index in [0.29, 0.717) is 54.2 Å². The van der Waals surface area contributed by atoms with Crippen LogP contribution in [0.5, 0.6) is 5.75 Å². The van der Waals surface area contributed by atoms with Crippen LogP contribution in [0.15, 0.2) is 52.9 Å².